The van der Waals surface area contributed by atoms with E-state index in [9.17, 15) is 9.59 Å². The SMILES string of the molecule is CCc1cc(C(=O)O)cc2sc(NC(C)=O)nc12. The third kappa shape index (κ3) is 2.33. The molecule has 0 bridgehead atoms. The average molecular weight is 264 g/mol. The molecule has 0 atom stereocenters. The van der Waals surface area contributed by atoms with Crippen molar-refractivity contribution in [3.8, 4) is 0 Å². The predicted molar refractivity (Wildman–Crippen MR) is 70.3 cm³/mol. The monoisotopic (exact) mass is 264 g/mol. The molecule has 0 radical (unpaired) electrons. The van der Waals surface area contributed by atoms with E-state index in [1.807, 2.05) is 6.92 Å². The Morgan fingerprint density at radius 3 is 2.72 bits per heavy atom. The lowest BCUT2D eigenvalue weighted by molar-refractivity contribution is -0.114. The summed E-state index contributed by atoms with van der Waals surface area (Å²) < 4.78 is 0.774. The molecule has 2 aromatic rings. The van der Waals surface area contributed by atoms with E-state index in [1.165, 1.54) is 18.3 Å². The van der Waals surface area contributed by atoms with Gasteiger partial charge in [-0.3, -0.25) is 4.79 Å². The second-order valence-corrected chi connectivity index (χ2v) is 4.87. The number of carboxylic acid groups (broad SMARTS) is 1. The van der Waals surface area contributed by atoms with E-state index >= 15 is 0 Å². The number of benzene rings is 1. The first kappa shape index (κ1) is 12.5. The summed E-state index contributed by atoms with van der Waals surface area (Å²) >= 11 is 1.28. The van der Waals surface area contributed by atoms with Crippen molar-refractivity contribution in [1.82, 2.24) is 4.98 Å². The van der Waals surface area contributed by atoms with Crippen LogP contribution >= 0.6 is 11.3 Å². The molecule has 2 N–H and O–H groups in total. The van der Waals surface area contributed by atoms with Crippen LogP contribution in [0, 0.1) is 0 Å². The van der Waals surface area contributed by atoms with E-state index in [4.69, 9.17) is 5.11 Å². The Balaban J connectivity index is 2.59. The Morgan fingerprint density at radius 2 is 2.17 bits per heavy atom. The van der Waals surface area contributed by atoms with Gasteiger partial charge in [0.2, 0.25) is 5.91 Å². The summed E-state index contributed by atoms with van der Waals surface area (Å²) in [5.74, 6) is -1.15. The van der Waals surface area contributed by atoms with Crippen LogP contribution in [0.2, 0.25) is 0 Å². The van der Waals surface area contributed by atoms with Crippen molar-refractivity contribution in [2.75, 3.05) is 5.32 Å². The van der Waals surface area contributed by atoms with Crippen molar-refractivity contribution in [1.29, 1.82) is 0 Å². The second kappa shape index (κ2) is 4.73. The van der Waals surface area contributed by atoms with Crippen LogP contribution in [0.5, 0.6) is 0 Å². The van der Waals surface area contributed by atoms with Crippen LogP contribution < -0.4 is 5.32 Å². The van der Waals surface area contributed by atoms with Gasteiger partial charge in [-0.25, -0.2) is 9.78 Å². The summed E-state index contributed by atoms with van der Waals surface area (Å²) in [4.78, 5) is 26.3. The Morgan fingerprint density at radius 1 is 1.44 bits per heavy atom. The summed E-state index contributed by atoms with van der Waals surface area (Å²) in [6, 6.07) is 3.21. The smallest absolute Gasteiger partial charge is 0.335 e. The maximum absolute atomic E-state index is 11.0. The maximum Gasteiger partial charge on any atom is 0.335 e. The van der Waals surface area contributed by atoms with Gasteiger partial charge in [-0.1, -0.05) is 18.3 Å². The molecule has 0 aliphatic rings. The third-order valence-corrected chi connectivity index (χ3v) is 3.40. The van der Waals surface area contributed by atoms with Crippen molar-refractivity contribution in [3.63, 3.8) is 0 Å². The van der Waals surface area contributed by atoms with Gasteiger partial charge in [0.1, 0.15) is 0 Å². The average Bonchev–Trinajstić information content (AvgIpc) is 2.68. The molecule has 2 rings (SSSR count). The first-order valence-corrected chi connectivity index (χ1v) is 6.27. The van der Waals surface area contributed by atoms with Gasteiger partial charge < -0.3 is 10.4 Å². The first-order valence-electron chi connectivity index (χ1n) is 5.45. The Kier molecular flexibility index (Phi) is 3.29. The molecule has 1 aromatic carbocycles. The lowest BCUT2D eigenvalue weighted by Crippen LogP contribution is -2.04. The molecule has 18 heavy (non-hydrogen) atoms. The highest BCUT2D eigenvalue weighted by Gasteiger charge is 2.13. The predicted octanol–water partition coefficient (Wildman–Crippen LogP) is 2.52. The lowest BCUT2D eigenvalue weighted by atomic mass is 10.1. The van der Waals surface area contributed by atoms with Crippen molar-refractivity contribution in [2.45, 2.75) is 20.3 Å². The molecule has 1 heterocycles. The molecule has 6 heteroatoms. The fourth-order valence-corrected chi connectivity index (χ4v) is 2.70. The van der Waals surface area contributed by atoms with Gasteiger partial charge in [-0.2, -0.15) is 0 Å². The Bertz CT molecular complexity index is 634. The van der Waals surface area contributed by atoms with Gasteiger partial charge in [0.05, 0.1) is 15.8 Å². The lowest BCUT2D eigenvalue weighted by Gasteiger charge is -2.00. The summed E-state index contributed by atoms with van der Waals surface area (Å²) in [5.41, 5.74) is 1.88. The number of hydrogen-bond acceptors (Lipinski definition) is 4. The zero-order valence-corrected chi connectivity index (χ0v) is 10.8. The molecule has 1 amide bonds. The number of carbonyl (C=O) groups excluding carboxylic acids is 1. The third-order valence-electron chi connectivity index (χ3n) is 2.48. The zero-order valence-electron chi connectivity index (χ0n) is 9.98. The quantitative estimate of drug-likeness (QED) is 0.892. The van der Waals surface area contributed by atoms with Gasteiger partial charge >= 0.3 is 5.97 Å². The fraction of sp³-hybridized carbons (Fsp3) is 0.250. The number of carbonyl (C=O) groups is 2. The summed E-state index contributed by atoms with van der Waals surface area (Å²) in [7, 11) is 0. The van der Waals surface area contributed by atoms with Gasteiger partial charge in [0.15, 0.2) is 5.13 Å². The number of aromatic nitrogens is 1. The van der Waals surface area contributed by atoms with Crippen LogP contribution in [0.4, 0.5) is 5.13 Å². The van der Waals surface area contributed by atoms with Gasteiger partial charge in [-0.05, 0) is 24.1 Å². The van der Waals surface area contributed by atoms with E-state index in [0.29, 0.717) is 11.6 Å². The fourth-order valence-electron chi connectivity index (χ4n) is 1.70. The minimum Gasteiger partial charge on any atom is -0.478 e. The van der Waals surface area contributed by atoms with E-state index < -0.39 is 5.97 Å². The molecule has 0 fully saturated rings. The number of thiazole rings is 1. The number of nitrogens with zero attached hydrogens (tertiary/aromatic N) is 1. The largest absolute Gasteiger partial charge is 0.478 e. The number of aromatic carboxylic acids is 1. The molecule has 0 spiro atoms. The molecule has 94 valence electrons. The van der Waals surface area contributed by atoms with Crippen LogP contribution in [0.15, 0.2) is 12.1 Å². The minimum atomic E-state index is -0.957. The number of fused-ring (bicyclic) bond motifs is 1. The molecule has 1 aromatic heterocycles. The Labute approximate surface area is 107 Å². The molecular formula is C12H12N2O3S. The highest BCUT2D eigenvalue weighted by molar-refractivity contribution is 7.22. The molecular weight excluding hydrogens is 252 g/mol. The summed E-state index contributed by atoms with van der Waals surface area (Å²) in [5, 5.41) is 12.1. The van der Waals surface area contributed by atoms with Crippen molar-refractivity contribution >= 4 is 38.6 Å². The normalized spacial score (nSPS) is 10.6. The number of carboxylic acids is 1. The minimum absolute atomic E-state index is 0.189. The Hall–Kier alpha value is -1.95. The van der Waals surface area contributed by atoms with Gasteiger partial charge in [0, 0.05) is 6.92 Å². The number of anilines is 1. The maximum atomic E-state index is 11.0. The summed E-state index contributed by atoms with van der Waals surface area (Å²) in [6.07, 6.45) is 0.695. The number of nitrogens with one attached hydrogen (secondary N) is 1. The molecule has 0 saturated heterocycles. The van der Waals surface area contributed by atoms with Crippen LogP contribution in [0.1, 0.15) is 29.8 Å². The number of aryl methyl sites for hydroxylation is 1. The standard InChI is InChI=1S/C12H12N2O3S/c1-3-7-4-8(11(16)17)5-9-10(7)14-12(18-9)13-6(2)15/h4-5H,3H2,1-2H3,(H,16,17)(H,13,14,15). The highest BCUT2D eigenvalue weighted by Crippen LogP contribution is 2.30. The van der Waals surface area contributed by atoms with Crippen molar-refractivity contribution in [3.05, 3.63) is 23.3 Å². The first-order chi connectivity index (χ1) is 8.51. The van der Waals surface area contributed by atoms with E-state index in [2.05, 4.69) is 10.3 Å². The molecule has 0 aliphatic carbocycles. The molecule has 0 aliphatic heterocycles. The van der Waals surface area contributed by atoms with Gasteiger partial charge in [0.25, 0.3) is 0 Å². The van der Waals surface area contributed by atoms with Crippen LogP contribution in [-0.2, 0) is 11.2 Å². The van der Waals surface area contributed by atoms with E-state index in [0.717, 1.165) is 15.8 Å². The van der Waals surface area contributed by atoms with Gasteiger partial charge in [-0.15, -0.1) is 0 Å². The van der Waals surface area contributed by atoms with Crippen LogP contribution in [0.25, 0.3) is 10.2 Å². The highest BCUT2D eigenvalue weighted by atomic mass is 32.1. The van der Waals surface area contributed by atoms with E-state index in [1.54, 1.807) is 12.1 Å². The van der Waals surface area contributed by atoms with Crippen LogP contribution in [-0.4, -0.2) is 22.0 Å². The molecule has 5 nitrogen and oxygen atoms in total. The summed E-state index contributed by atoms with van der Waals surface area (Å²) in [6.45, 7) is 3.35. The zero-order chi connectivity index (χ0) is 13.3. The van der Waals surface area contributed by atoms with Crippen molar-refractivity contribution < 1.29 is 14.7 Å². The number of amides is 1. The number of hydrogen-bond donors (Lipinski definition) is 2. The molecule has 0 unspecified atom stereocenters. The van der Waals surface area contributed by atoms with E-state index in [-0.39, 0.29) is 11.5 Å². The molecule has 0 saturated carbocycles. The van der Waals surface area contributed by atoms with Crippen molar-refractivity contribution in [2.24, 2.45) is 0 Å². The second-order valence-electron chi connectivity index (χ2n) is 3.84. The topological polar surface area (TPSA) is 79.3 Å². The van der Waals surface area contributed by atoms with Crippen LogP contribution in [0.3, 0.4) is 0 Å². The number of rotatable bonds is 3.